The normalized spacial score (nSPS) is 13.6. The number of rotatable bonds is 5. The Kier molecular flexibility index (Phi) is 4.65. The minimum atomic E-state index is -0.742. The Balaban J connectivity index is 1.44. The third-order valence-corrected chi connectivity index (χ3v) is 6.08. The number of hydrogen-bond acceptors (Lipinski definition) is 4. The van der Waals surface area contributed by atoms with Crippen molar-refractivity contribution in [3.05, 3.63) is 72.2 Å². The number of halogens is 3. The first kappa shape index (κ1) is 20.5. The molecule has 2 aromatic carbocycles. The minimum Gasteiger partial charge on any atom is -0.369 e. The first-order chi connectivity index (χ1) is 16.5. The number of nitrogens with zero attached hydrogens (tertiary/aromatic N) is 4. The zero-order chi connectivity index (χ0) is 23.4. The van der Waals surface area contributed by atoms with Gasteiger partial charge >= 0.3 is 0 Å². The molecule has 1 saturated carbocycles. The molecule has 1 fully saturated rings. The van der Waals surface area contributed by atoms with E-state index >= 15 is 0 Å². The van der Waals surface area contributed by atoms with Crippen molar-refractivity contribution in [1.29, 1.82) is 0 Å². The van der Waals surface area contributed by atoms with Gasteiger partial charge in [0.1, 0.15) is 28.8 Å². The molecule has 0 radical (unpaired) electrons. The molecule has 0 aliphatic heterocycles. The predicted octanol–water partition coefficient (Wildman–Crippen LogP) is 5.56. The SMILES string of the molecule is Nc1nc2ccc(-c3cnc(-c4cc(F)ccc4-c4c(F)cccc4F)[nH]3)nc2n1CC1CC1. The van der Waals surface area contributed by atoms with E-state index in [1.807, 2.05) is 10.6 Å². The molecule has 0 amide bonds. The van der Waals surface area contributed by atoms with E-state index in [0.717, 1.165) is 24.7 Å². The molecule has 0 atom stereocenters. The third-order valence-electron chi connectivity index (χ3n) is 6.08. The van der Waals surface area contributed by atoms with Crippen LogP contribution in [-0.4, -0.2) is 24.5 Å². The van der Waals surface area contributed by atoms with E-state index in [0.29, 0.717) is 34.4 Å². The number of aromatic amines is 1. The molecule has 1 aliphatic carbocycles. The Morgan fingerprint density at radius 1 is 0.971 bits per heavy atom. The van der Waals surface area contributed by atoms with Crippen molar-refractivity contribution in [2.45, 2.75) is 19.4 Å². The molecule has 9 heteroatoms. The Morgan fingerprint density at radius 2 is 1.76 bits per heavy atom. The summed E-state index contributed by atoms with van der Waals surface area (Å²) in [5, 5.41) is 0. The lowest BCUT2D eigenvalue weighted by Crippen LogP contribution is -2.05. The first-order valence-electron chi connectivity index (χ1n) is 10.9. The van der Waals surface area contributed by atoms with Crippen LogP contribution in [0.4, 0.5) is 19.1 Å². The number of nitrogens with one attached hydrogen (secondary N) is 1. The van der Waals surface area contributed by atoms with Crippen LogP contribution in [0.5, 0.6) is 0 Å². The molecule has 0 bridgehead atoms. The molecule has 6 rings (SSSR count). The maximum absolute atomic E-state index is 14.5. The average molecular weight is 460 g/mol. The molecule has 3 heterocycles. The van der Waals surface area contributed by atoms with Crippen molar-refractivity contribution in [3.8, 4) is 33.9 Å². The van der Waals surface area contributed by atoms with Crippen LogP contribution in [0.3, 0.4) is 0 Å². The van der Waals surface area contributed by atoms with Crippen LogP contribution < -0.4 is 5.73 Å². The van der Waals surface area contributed by atoms with Gasteiger partial charge in [-0.15, -0.1) is 0 Å². The summed E-state index contributed by atoms with van der Waals surface area (Å²) in [6, 6.07) is 10.9. The van der Waals surface area contributed by atoms with Crippen molar-refractivity contribution >= 4 is 17.1 Å². The number of anilines is 1. The van der Waals surface area contributed by atoms with Crippen molar-refractivity contribution in [2.75, 3.05) is 5.73 Å². The lowest BCUT2D eigenvalue weighted by molar-refractivity contribution is 0.589. The van der Waals surface area contributed by atoms with Crippen LogP contribution in [0, 0.1) is 23.4 Å². The van der Waals surface area contributed by atoms with Crippen LogP contribution in [0.1, 0.15) is 12.8 Å². The van der Waals surface area contributed by atoms with Gasteiger partial charge in [-0.1, -0.05) is 12.1 Å². The van der Waals surface area contributed by atoms with Crippen LogP contribution >= 0.6 is 0 Å². The van der Waals surface area contributed by atoms with Crippen LogP contribution in [0.25, 0.3) is 45.1 Å². The maximum atomic E-state index is 14.5. The number of pyridine rings is 1. The number of nitrogen functional groups attached to an aromatic ring is 1. The number of fused-ring (bicyclic) bond motifs is 1. The fraction of sp³-hybridized carbons (Fsp3) is 0.160. The fourth-order valence-electron chi connectivity index (χ4n) is 4.18. The minimum absolute atomic E-state index is 0.191. The monoisotopic (exact) mass is 460 g/mol. The highest BCUT2D eigenvalue weighted by molar-refractivity contribution is 5.82. The topological polar surface area (TPSA) is 85.4 Å². The van der Waals surface area contributed by atoms with Gasteiger partial charge in [0.2, 0.25) is 5.95 Å². The average Bonchev–Trinajstić information content (AvgIpc) is 3.41. The Labute approximate surface area is 192 Å². The highest BCUT2D eigenvalue weighted by Gasteiger charge is 2.24. The van der Waals surface area contributed by atoms with E-state index in [2.05, 4.69) is 15.0 Å². The van der Waals surface area contributed by atoms with E-state index in [4.69, 9.17) is 10.7 Å². The third kappa shape index (κ3) is 3.49. The molecule has 0 saturated heterocycles. The van der Waals surface area contributed by atoms with Gasteiger partial charge in [-0.25, -0.2) is 28.1 Å². The van der Waals surface area contributed by atoms with Gasteiger partial charge in [0, 0.05) is 12.1 Å². The molecule has 3 aromatic heterocycles. The molecule has 0 spiro atoms. The summed E-state index contributed by atoms with van der Waals surface area (Å²) in [5.41, 5.74) is 8.83. The van der Waals surface area contributed by atoms with Gasteiger partial charge in [0.15, 0.2) is 5.65 Å². The van der Waals surface area contributed by atoms with Crippen molar-refractivity contribution < 1.29 is 13.2 Å². The summed E-state index contributed by atoms with van der Waals surface area (Å²) in [6.45, 7) is 0.772. The van der Waals surface area contributed by atoms with Gasteiger partial charge in [0.25, 0.3) is 0 Å². The second kappa shape index (κ2) is 7.72. The van der Waals surface area contributed by atoms with Gasteiger partial charge in [-0.3, -0.25) is 4.57 Å². The molecule has 34 heavy (non-hydrogen) atoms. The first-order valence-corrected chi connectivity index (χ1v) is 10.9. The molecular formula is C25H19F3N6. The van der Waals surface area contributed by atoms with E-state index in [9.17, 15) is 13.2 Å². The summed E-state index contributed by atoms with van der Waals surface area (Å²) in [4.78, 5) is 16.6. The second-order valence-electron chi connectivity index (χ2n) is 8.50. The van der Waals surface area contributed by atoms with E-state index < -0.39 is 17.5 Å². The Hall–Kier alpha value is -4.14. The summed E-state index contributed by atoms with van der Waals surface area (Å²) in [7, 11) is 0. The van der Waals surface area contributed by atoms with E-state index in [1.54, 1.807) is 12.3 Å². The predicted molar refractivity (Wildman–Crippen MR) is 123 cm³/mol. The standard InChI is InChI=1S/C25H19F3N6/c26-14-6-7-15(22-17(27)2-1-3-18(22)28)16(10-14)23-30-11-21(31-23)19-8-9-20-24(32-19)34(25(29)33-20)12-13-4-5-13/h1-3,6-11,13H,4-5,12H2,(H2,29,33)(H,30,31). The quantitative estimate of drug-likeness (QED) is 0.359. The molecular weight excluding hydrogens is 441 g/mol. The zero-order valence-electron chi connectivity index (χ0n) is 17.9. The van der Waals surface area contributed by atoms with Gasteiger partial charge in [-0.05, 0) is 60.7 Å². The lowest BCUT2D eigenvalue weighted by Gasteiger charge is -2.10. The van der Waals surface area contributed by atoms with E-state index in [1.165, 1.54) is 31.0 Å². The molecule has 1 aliphatic rings. The highest BCUT2D eigenvalue weighted by Crippen LogP contribution is 2.36. The number of aromatic nitrogens is 5. The van der Waals surface area contributed by atoms with Crippen molar-refractivity contribution in [2.24, 2.45) is 5.92 Å². The number of hydrogen-bond donors (Lipinski definition) is 2. The summed E-state index contributed by atoms with van der Waals surface area (Å²) < 4.78 is 45.0. The van der Waals surface area contributed by atoms with Crippen LogP contribution in [0.2, 0.25) is 0 Å². The number of imidazole rings is 2. The largest absolute Gasteiger partial charge is 0.369 e. The molecule has 5 aromatic rings. The zero-order valence-corrected chi connectivity index (χ0v) is 17.9. The molecule has 0 unspecified atom stereocenters. The molecule has 6 nitrogen and oxygen atoms in total. The smallest absolute Gasteiger partial charge is 0.202 e. The van der Waals surface area contributed by atoms with Gasteiger partial charge in [0.05, 0.1) is 23.1 Å². The van der Waals surface area contributed by atoms with Crippen LogP contribution in [0.15, 0.2) is 54.7 Å². The van der Waals surface area contributed by atoms with Crippen molar-refractivity contribution in [1.82, 2.24) is 24.5 Å². The fourth-order valence-corrected chi connectivity index (χ4v) is 4.18. The van der Waals surface area contributed by atoms with Gasteiger partial charge in [-0.2, -0.15) is 0 Å². The van der Waals surface area contributed by atoms with Gasteiger partial charge < -0.3 is 10.7 Å². The number of H-pyrrole nitrogens is 1. The Morgan fingerprint density at radius 3 is 2.53 bits per heavy atom. The number of benzene rings is 2. The summed E-state index contributed by atoms with van der Waals surface area (Å²) in [5.74, 6) is -0.753. The van der Waals surface area contributed by atoms with E-state index in [-0.39, 0.29) is 22.5 Å². The number of nitrogens with two attached hydrogens (primary N) is 1. The summed E-state index contributed by atoms with van der Waals surface area (Å²) in [6.07, 6.45) is 3.89. The Bertz CT molecular complexity index is 1530. The maximum Gasteiger partial charge on any atom is 0.202 e. The molecule has 170 valence electrons. The van der Waals surface area contributed by atoms with Crippen LogP contribution in [-0.2, 0) is 6.54 Å². The molecule has 3 N–H and O–H groups in total. The lowest BCUT2D eigenvalue weighted by atomic mass is 9.98. The highest BCUT2D eigenvalue weighted by atomic mass is 19.1. The second-order valence-corrected chi connectivity index (χ2v) is 8.50. The van der Waals surface area contributed by atoms with Crippen molar-refractivity contribution in [3.63, 3.8) is 0 Å². The summed E-state index contributed by atoms with van der Waals surface area (Å²) >= 11 is 0.